The number of carbonyl (C=O) groups excluding carboxylic acids is 1. The van der Waals surface area contributed by atoms with Gasteiger partial charge in [-0.3, -0.25) is 0 Å². The molecule has 1 rings (SSSR count). The number of esters is 1. The fraction of sp³-hybridized carbons (Fsp3) is 0.909. The molecular weight excluding hydrogens is 210 g/mol. The van der Waals surface area contributed by atoms with Crippen LogP contribution in [0.1, 0.15) is 20.8 Å². The van der Waals surface area contributed by atoms with E-state index in [9.17, 15) is 4.79 Å². The van der Waals surface area contributed by atoms with Crippen LogP contribution in [0.2, 0.25) is 0 Å². The lowest BCUT2D eigenvalue weighted by Crippen LogP contribution is -2.59. The summed E-state index contributed by atoms with van der Waals surface area (Å²) >= 11 is 0. The molecule has 1 fully saturated rings. The lowest BCUT2D eigenvalue weighted by atomic mass is 10.0. The Hall–Kier alpha value is -0.650. The molecule has 0 aromatic heterocycles. The summed E-state index contributed by atoms with van der Waals surface area (Å²) in [5.74, 6) is -0.333. The van der Waals surface area contributed by atoms with Crippen LogP contribution in [0.25, 0.3) is 0 Å². The van der Waals surface area contributed by atoms with Crippen LogP contribution < -0.4 is 5.32 Å². The third-order valence-corrected chi connectivity index (χ3v) is 2.43. The smallest absolute Gasteiger partial charge is 0.332 e. The Labute approximate surface area is 96.4 Å². The Morgan fingerprint density at radius 2 is 2.19 bits per heavy atom. The molecule has 1 aliphatic heterocycles. The molecule has 1 saturated heterocycles. The quantitative estimate of drug-likeness (QED) is 0.640. The van der Waals surface area contributed by atoms with Gasteiger partial charge in [-0.1, -0.05) is 0 Å². The molecule has 5 heteroatoms. The van der Waals surface area contributed by atoms with E-state index in [0.717, 1.165) is 13.1 Å². The molecule has 1 atom stereocenters. The molecule has 5 nitrogen and oxygen atoms in total. The fourth-order valence-electron chi connectivity index (χ4n) is 1.39. The zero-order chi connectivity index (χ0) is 12.0. The van der Waals surface area contributed by atoms with Crippen molar-refractivity contribution in [1.82, 2.24) is 5.32 Å². The number of hydrogen-bond donors (Lipinski definition) is 1. The Kier molecular flexibility index (Phi) is 5.18. The van der Waals surface area contributed by atoms with Crippen molar-refractivity contribution in [2.75, 3.05) is 32.9 Å². The summed E-state index contributed by atoms with van der Waals surface area (Å²) in [4.78, 5) is 11.4. The normalized spacial score (nSPS) is 19.9. The van der Waals surface area contributed by atoms with Gasteiger partial charge in [-0.05, 0) is 20.8 Å². The third kappa shape index (κ3) is 4.47. The van der Waals surface area contributed by atoms with Gasteiger partial charge in [0.2, 0.25) is 0 Å². The molecule has 1 unspecified atom stereocenters. The van der Waals surface area contributed by atoms with Crippen LogP contribution in [0.3, 0.4) is 0 Å². The van der Waals surface area contributed by atoms with Gasteiger partial charge in [0.25, 0.3) is 0 Å². The molecular formula is C11H21NO4. The first-order valence-electron chi connectivity index (χ1n) is 5.67. The second-order valence-electron chi connectivity index (χ2n) is 4.30. The molecule has 0 bridgehead atoms. The average molecular weight is 231 g/mol. The zero-order valence-corrected chi connectivity index (χ0v) is 10.2. The van der Waals surface area contributed by atoms with Gasteiger partial charge in [0.1, 0.15) is 12.7 Å². The van der Waals surface area contributed by atoms with Crippen molar-refractivity contribution < 1.29 is 19.0 Å². The standard InChI is InChI=1S/C11H21NO4/c1-4-14-5-9(2)16-10(13)6-15-11(3)7-12-8-11/h9,12H,4-8H2,1-3H3. The summed E-state index contributed by atoms with van der Waals surface area (Å²) in [7, 11) is 0. The molecule has 0 amide bonds. The fourth-order valence-corrected chi connectivity index (χ4v) is 1.39. The maximum atomic E-state index is 11.4. The van der Waals surface area contributed by atoms with Crippen LogP contribution in [0.4, 0.5) is 0 Å². The highest BCUT2D eigenvalue weighted by molar-refractivity contribution is 5.70. The molecule has 0 radical (unpaired) electrons. The van der Waals surface area contributed by atoms with E-state index in [1.807, 2.05) is 13.8 Å². The van der Waals surface area contributed by atoms with Crippen LogP contribution in [0.5, 0.6) is 0 Å². The SMILES string of the molecule is CCOCC(C)OC(=O)COC1(C)CNC1. The van der Waals surface area contributed by atoms with Gasteiger partial charge in [-0.2, -0.15) is 0 Å². The Balaban J connectivity index is 2.10. The number of ether oxygens (including phenoxy) is 3. The molecule has 94 valence electrons. The molecule has 1 N–H and O–H groups in total. The molecule has 0 spiro atoms. The minimum Gasteiger partial charge on any atom is -0.459 e. The van der Waals surface area contributed by atoms with E-state index in [1.165, 1.54) is 0 Å². The molecule has 16 heavy (non-hydrogen) atoms. The highest BCUT2D eigenvalue weighted by atomic mass is 16.6. The Bertz CT molecular complexity index is 228. The average Bonchev–Trinajstić information content (AvgIpc) is 2.21. The second-order valence-corrected chi connectivity index (χ2v) is 4.30. The first-order chi connectivity index (χ1) is 7.56. The molecule has 1 aliphatic rings. The predicted molar refractivity (Wildman–Crippen MR) is 59.3 cm³/mol. The lowest BCUT2D eigenvalue weighted by Gasteiger charge is -2.38. The van der Waals surface area contributed by atoms with E-state index in [2.05, 4.69) is 5.32 Å². The van der Waals surface area contributed by atoms with Gasteiger partial charge in [0.05, 0.1) is 12.2 Å². The molecule has 0 saturated carbocycles. The molecule has 0 aromatic rings. The minimum absolute atomic E-state index is 0.00858. The van der Waals surface area contributed by atoms with Gasteiger partial charge >= 0.3 is 5.97 Å². The number of hydrogen-bond acceptors (Lipinski definition) is 5. The van der Waals surface area contributed by atoms with Gasteiger partial charge in [-0.25, -0.2) is 4.79 Å². The van der Waals surface area contributed by atoms with Crippen molar-refractivity contribution in [3.63, 3.8) is 0 Å². The topological polar surface area (TPSA) is 56.8 Å². The number of rotatable bonds is 7. The van der Waals surface area contributed by atoms with Crippen LogP contribution in [0, 0.1) is 0 Å². The summed E-state index contributed by atoms with van der Waals surface area (Å²) in [5.41, 5.74) is -0.206. The van der Waals surface area contributed by atoms with Crippen molar-refractivity contribution in [3.05, 3.63) is 0 Å². The molecule has 0 aliphatic carbocycles. The molecule has 0 aromatic carbocycles. The van der Waals surface area contributed by atoms with Crippen LogP contribution >= 0.6 is 0 Å². The summed E-state index contributed by atoms with van der Waals surface area (Å²) < 4.78 is 15.7. The number of nitrogens with one attached hydrogen (secondary N) is 1. The van der Waals surface area contributed by atoms with E-state index in [-0.39, 0.29) is 24.3 Å². The van der Waals surface area contributed by atoms with E-state index in [1.54, 1.807) is 6.92 Å². The summed E-state index contributed by atoms with van der Waals surface area (Å²) in [5, 5.41) is 3.10. The van der Waals surface area contributed by atoms with E-state index < -0.39 is 0 Å². The van der Waals surface area contributed by atoms with Crippen molar-refractivity contribution in [2.24, 2.45) is 0 Å². The minimum atomic E-state index is -0.333. The van der Waals surface area contributed by atoms with Gasteiger partial charge < -0.3 is 19.5 Å². The van der Waals surface area contributed by atoms with E-state index in [4.69, 9.17) is 14.2 Å². The Morgan fingerprint density at radius 1 is 1.50 bits per heavy atom. The first kappa shape index (κ1) is 13.4. The van der Waals surface area contributed by atoms with Gasteiger partial charge in [-0.15, -0.1) is 0 Å². The van der Waals surface area contributed by atoms with Crippen molar-refractivity contribution >= 4 is 5.97 Å². The van der Waals surface area contributed by atoms with Crippen molar-refractivity contribution in [1.29, 1.82) is 0 Å². The number of carbonyl (C=O) groups is 1. The van der Waals surface area contributed by atoms with E-state index >= 15 is 0 Å². The predicted octanol–water partition coefficient (Wildman–Crippen LogP) is 0.333. The highest BCUT2D eigenvalue weighted by Crippen LogP contribution is 2.14. The lowest BCUT2D eigenvalue weighted by molar-refractivity contribution is -0.165. The maximum absolute atomic E-state index is 11.4. The van der Waals surface area contributed by atoms with Gasteiger partial charge in [0.15, 0.2) is 0 Å². The highest BCUT2D eigenvalue weighted by Gasteiger charge is 2.33. The summed E-state index contributed by atoms with van der Waals surface area (Å²) in [6.45, 7) is 8.32. The van der Waals surface area contributed by atoms with Crippen molar-refractivity contribution in [3.8, 4) is 0 Å². The van der Waals surface area contributed by atoms with Crippen molar-refractivity contribution in [2.45, 2.75) is 32.5 Å². The van der Waals surface area contributed by atoms with Crippen LogP contribution in [-0.2, 0) is 19.0 Å². The summed E-state index contributed by atoms with van der Waals surface area (Å²) in [6.07, 6.45) is -0.219. The largest absolute Gasteiger partial charge is 0.459 e. The first-order valence-corrected chi connectivity index (χ1v) is 5.67. The van der Waals surface area contributed by atoms with Crippen LogP contribution in [0.15, 0.2) is 0 Å². The zero-order valence-electron chi connectivity index (χ0n) is 10.2. The Morgan fingerprint density at radius 3 is 2.69 bits per heavy atom. The molecule has 1 heterocycles. The third-order valence-electron chi connectivity index (χ3n) is 2.43. The second kappa shape index (κ2) is 6.18. The monoisotopic (exact) mass is 231 g/mol. The summed E-state index contributed by atoms with van der Waals surface area (Å²) in [6, 6.07) is 0. The van der Waals surface area contributed by atoms with Crippen LogP contribution in [-0.4, -0.2) is 50.6 Å². The maximum Gasteiger partial charge on any atom is 0.332 e. The van der Waals surface area contributed by atoms with Gasteiger partial charge in [0, 0.05) is 19.7 Å². The van der Waals surface area contributed by atoms with E-state index in [0.29, 0.717) is 13.2 Å².